The molecule has 2 fully saturated rings. The second-order valence-corrected chi connectivity index (χ2v) is 5.74. The molecule has 0 saturated carbocycles. The Kier molecular flexibility index (Phi) is 4.10. The molecule has 2 atom stereocenters. The largest absolute Gasteiger partial charge is 0.480 e. The van der Waals surface area contributed by atoms with E-state index in [1.807, 2.05) is 16.7 Å². The maximum atomic E-state index is 12.4. The van der Waals surface area contributed by atoms with Crippen LogP contribution in [0, 0.1) is 0 Å². The van der Waals surface area contributed by atoms with Gasteiger partial charge in [0.1, 0.15) is 5.54 Å². The van der Waals surface area contributed by atoms with Gasteiger partial charge in [0.25, 0.3) is 0 Å². The van der Waals surface area contributed by atoms with Crippen molar-refractivity contribution in [1.82, 2.24) is 9.80 Å². The number of nitrogens with two attached hydrogens (primary N) is 1. The second-order valence-electron chi connectivity index (χ2n) is 5.74. The van der Waals surface area contributed by atoms with Gasteiger partial charge in [-0.2, -0.15) is 0 Å². The van der Waals surface area contributed by atoms with Crippen molar-refractivity contribution in [2.45, 2.75) is 44.2 Å². The molecule has 0 aromatic carbocycles. The summed E-state index contributed by atoms with van der Waals surface area (Å²) in [7, 11) is 0. The number of aliphatic carboxylic acids is 1. The van der Waals surface area contributed by atoms with Gasteiger partial charge in [0.15, 0.2) is 0 Å². The molecule has 108 valence electrons. The number of carboxylic acids is 1. The van der Waals surface area contributed by atoms with E-state index < -0.39 is 11.5 Å². The molecule has 0 aromatic rings. The fourth-order valence-corrected chi connectivity index (χ4v) is 2.90. The van der Waals surface area contributed by atoms with Crippen LogP contribution in [0.4, 0.5) is 0 Å². The molecule has 2 unspecified atom stereocenters. The Hall–Kier alpha value is -1.14. The lowest BCUT2D eigenvalue weighted by molar-refractivity contribution is -0.143. The van der Waals surface area contributed by atoms with Crippen LogP contribution in [-0.2, 0) is 9.59 Å². The molecule has 1 amide bonds. The van der Waals surface area contributed by atoms with E-state index in [0.29, 0.717) is 13.0 Å². The third-order valence-corrected chi connectivity index (χ3v) is 4.33. The highest BCUT2D eigenvalue weighted by Crippen LogP contribution is 2.22. The molecule has 6 nitrogen and oxygen atoms in total. The van der Waals surface area contributed by atoms with Crippen molar-refractivity contribution in [3.8, 4) is 0 Å². The van der Waals surface area contributed by atoms with Crippen molar-refractivity contribution < 1.29 is 14.7 Å². The molecule has 2 saturated heterocycles. The predicted octanol–water partition coefficient (Wildman–Crippen LogP) is -0.125. The van der Waals surface area contributed by atoms with Gasteiger partial charge in [0.2, 0.25) is 5.91 Å². The summed E-state index contributed by atoms with van der Waals surface area (Å²) in [5, 5.41) is 9.11. The Morgan fingerprint density at radius 3 is 2.37 bits per heavy atom. The average molecular weight is 269 g/mol. The Bertz CT molecular complexity index is 368. The van der Waals surface area contributed by atoms with Crippen LogP contribution in [0.25, 0.3) is 0 Å². The molecular formula is C13H23N3O3. The molecule has 2 aliphatic rings. The zero-order valence-corrected chi connectivity index (χ0v) is 11.5. The Balaban J connectivity index is 1.95. The minimum Gasteiger partial charge on any atom is -0.480 e. The van der Waals surface area contributed by atoms with Gasteiger partial charge in [-0.1, -0.05) is 0 Å². The van der Waals surface area contributed by atoms with Crippen LogP contribution in [0.5, 0.6) is 0 Å². The van der Waals surface area contributed by atoms with Crippen LogP contribution in [0.3, 0.4) is 0 Å². The number of amides is 1. The van der Waals surface area contributed by atoms with E-state index in [9.17, 15) is 9.59 Å². The molecule has 2 heterocycles. The van der Waals surface area contributed by atoms with Crippen molar-refractivity contribution in [2.24, 2.45) is 5.73 Å². The van der Waals surface area contributed by atoms with Crippen LogP contribution in [-0.4, -0.2) is 64.5 Å². The Morgan fingerprint density at radius 2 is 1.84 bits per heavy atom. The normalized spacial score (nSPS) is 30.3. The molecule has 0 aliphatic carbocycles. The standard InChI is InChI=1S/C13H23N3O3/c1-10(11(17)15-6-3-2-4-7-15)16-8-5-13(14,9-16)12(18)19/h10H,2-9,14H2,1H3,(H,18,19). The maximum absolute atomic E-state index is 12.4. The van der Waals surface area contributed by atoms with Gasteiger partial charge < -0.3 is 15.7 Å². The highest BCUT2D eigenvalue weighted by Gasteiger charge is 2.44. The summed E-state index contributed by atoms with van der Waals surface area (Å²) in [5.74, 6) is -0.873. The predicted molar refractivity (Wildman–Crippen MR) is 70.6 cm³/mol. The molecule has 0 radical (unpaired) electrons. The second kappa shape index (κ2) is 5.46. The van der Waals surface area contributed by atoms with E-state index >= 15 is 0 Å². The lowest BCUT2D eigenvalue weighted by Crippen LogP contribution is -2.53. The van der Waals surface area contributed by atoms with Crippen LogP contribution in [0.2, 0.25) is 0 Å². The smallest absolute Gasteiger partial charge is 0.325 e. The van der Waals surface area contributed by atoms with E-state index in [2.05, 4.69) is 0 Å². The minimum absolute atomic E-state index is 0.106. The first-order valence-electron chi connectivity index (χ1n) is 6.99. The molecule has 0 aromatic heterocycles. The number of nitrogens with zero attached hydrogens (tertiary/aromatic N) is 2. The average Bonchev–Trinajstić information content (AvgIpc) is 2.82. The minimum atomic E-state index is -1.20. The maximum Gasteiger partial charge on any atom is 0.325 e. The molecule has 19 heavy (non-hydrogen) atoms. The summed E-state index contributed by atoms with van der Waals surface area (Å²) in [6.07, 6.45) is 3.72. The topological polar surface area (TPSA) is 86.9 Å². The molecule has 2 rings (SSSR count). The first-order chi connectivity index (χ1) is 8.94. The van der Waals surface area contributed by atoms with Crippen molar-refractivity contribution in [3.05, 3.63) is 0 Å². The molecule has 2 aliphatic heterocycles. The van der Waals surface area contributed by atoms with Gasteiger partial charge in [-0.15, -0.1) is 0 Å². The number of hydrogen-bond acceptors (Lipinski definition) is 4. The number of carbonyl (C=O) groups is 2. The lowest BCUT2D eigenvalue weighted by atomic mass is 10.0. The van der Waals surface area contributed by atoms with Gasteiger partial charge in [-0.25, -0.2) is 0 Å². The van der Waals surface area contributed by atoms with Gasteiger partial charge in [-0.3, -0.25) is 14.5 Å². The number of carboxylic acid groups (broad SMARTS) is 1. The van der Waals surface area contributed by atoms with Crippen LogP contribution >= 0.6 is 0 Å². The highest BCUT2D eigenvalue weighted by atomic mass is 16.4. The van der Waals surface area contributed by atoms with E-state index in [-0.39, 0.29) is 18.5 Å². The van der Waals surface area contributed by atoms with Crippen molar-refractivity contribution in [3.63, 3.8) is 0 Å². The first-order valence-corrected chi connectivity index (χ1v) is 6.99. The monoisotopic (exact) mass is 269 g/mol. The summed E-state index contributed by atoms with van der Waals surface area (Å²) >= 11 is 0. The number of rotatable bonds is 3. The number of likely N-dealkylation sites (tertiary alicyclic amines) is 2. The molecule has 6 heteroatoms. The summed E-state index contributed by atoms with van der Waals surface area (Å²) in [5.41, 5.74) is 4.64. The van der Waals surface area contributed by atoms with Gasteiger partial charge >= 0.3 is 5.97 Å². The summed E-state index contributed by atoms with van der Waals surface area (Å²) in [6, 6.07) is -0.275. The summed E-state index contributed by atoms with van der Waals surface area (Å²) in [4.78, 5) is 27.3. The first kappa shape index (κ1) is 14.3. The van der Waals surface area contributed by atoms with Crippen molar-refractivity contribution in [1.29, 1.82) is 0 Å². The fourth-order valence-electron chi connectivity index (χ4n) is 2.90. The van der Waals surface area contributed by atoms with Crippen LogP contribution in [0.1, 0.15) is 32.6 Å². The third kappa shape index (κ3) is 2.90. The van der Waals surface area contributed by atoms with Crippen LogP contribution < -0.4 is 5.73 Å². The van der Waals surface area contributed by atoms with Crippen molar-refractivity contribution >= 4 is 11.9 Å². The summed E-state index contributed by atoms with van der Waals surface area (Å²) in [6.45, 7) is 4.32. The number of piperidine rings is 1. The fraction of sp³-hybridized carbons (Fsp3) is 0.846. The Morgan fingerprint density at radius 1 is 1.21 bits per heavy atom. The zero-order valence-electron chi connectivity index (χ0n) is 11.5. The Labute approximate surface area is 113 Å². The lowest BCUT2D eigenvalue weighted by Gasteiger charge is -2.33. The van der Waals surface area contributed by atoms with Crippen LogP contribution in [0.15, 0.2) is 0 Å². The SMILES string of the molecule is CC(C(=O)N1CCCCC1)N1CCC(N)(C(=O)O)C1. The molecule has 0 bridgehead atoms. The van der Waals surface area contributed by atoms with Crippen molar-refractivity contribution in [2.75, 3.05) is 26.2 Å². The summed E-state index contributed by atoms with van der Waals surface area (Å²) < 4.78 is 0. The van der Waals surface area contributed by atoms with E-state index in [1.54, 1.807) is 0 Å². The zero-order chi connectivity index (χ0) is 14.0. The number of carbonyl (C=O) groups excluding carboxylic acids is 1. The highest BCUT2D eigenvalue weighted by molar-refractivity contribution is 5.83. The van der Waals surface area contributed by atoms with Gasteiger partial charge in [0.05, 0.1) is 6.04 Å². The van der Waals surface area contributed by atoms with E-state index in [1.165, 1.54) is 6.42 Å². The quantitative estimate of drug-likeness (QED) is 0.745. The van der Waals surface area contributed by atoms with Gasteiger partial charge in [0, 0.05) is 26.2 Å². The van der Waals surface area contributed by atoms with E-state index in [4.69, 9.17) is 10.8 Å². The van der Waals surface area contributed by atoms with E-state index in [0.717, 1.165) is 25.9 Å². The molecule has 3 N–H and O–H groups in total. The third-order valence-electron chi connectivity index (χ3n) is 4.33. The number of hydrogen-bond donors (Lipinski definition) is 2. The molecule has 0 spiro atoms. The molecular weight excluding hydrogens is 246 g/mol. The van der Waals surface area contributed by atoms with Gasteiger partial charge in [-0.05, 0) is 32.6 Å².